The van der Waals surface area contributed by atoms with Crippen molar-refractivity contribution in [1.29, 1.82) is 0 Å². The van der Waals surface area contributed by atoms with Gasteiger partial charge in [-0.2, -0.15) is 0 Å². The third kappa shape index (κ3) is 3.78. The lowest BCUT2D eigenvalue weighted by atomic mass is 9.61. The first-order valence-electron chi connectivity index (χ1n) is 12.3. The van der Waals surface area contributed by atoms with Gasteiger partial charge in [0.15, 0.2) is 11.6 Å². The Morgan fingerprint density at radius 1 is 0.629 bits per heavy atom. The maximum Gasteiger partial charge on any atom is 0.178 e. The maximum absolute atomic E-state index is 5.33. The summed E-state index contributed by atoms with van der Waals surface area (Å²) in [6.07, 6.45) is 1.98. The summed E-state index contributed by atoms with van der Waals surface area (Å²) in [7, 11) is 0. The fourth-order valence-corrected chi connectivity index (χ4v) is 5.38. The highest BCUT2D eigenvalue weighted by atomic mass is 15.4. The second-order valence-corrected chi connectivity index (χ2v) is 10.6. The van der Waals surface area contributed by atoms with Crippen molar-refractivity contribution >= 4 is 23.0 Å². The molecule has 0 amide bonds. The Kier molecular flexibility index (Phi) is 5.63. The molecule has 0 fully saturated rings. The standard InChI is InChI=1S/C31H34N4/c1-22-14-13-15-23(2)27(22)31(5,6)30(3,4)26-20-32-28-29(33-26)35(25-18-11-8-12-19-25)21-34(28)24-16-9-7-10-17-24/h7-20H,21H2,1-6H3. The molecule has 0 spiro atoms. The number of anilines is 4. The number of aryl methyl sites for hydroxylation is 2. The van der Waals surface area contributed by atoms with Gasteiger partial charge < -0.3 is 9.80 Å². The molecule has 0 saturated heterocycles. The van der Waals surface area contributed by atoms with Gasteiger partial charge in [-0.3, -0.25) is 0 Å². The van der Waals surface area contributed by atoms with Crippen molar-refractivity contribution in [1.82, 2.24) is 9.97 Å². The summed E-state index contributed by atoms with van der Waals surface area (Å²) in [6.45, 7) is 14.4. The molecule has 1 aliphatic heterocycles. The molecule has 2 heterocycles. The molecule has 0 unspecified atom stereocenters. The van der Waals surface area contributed by atoms with Gasteiger partial charge in [-0.05, 0) is 54.8 Å². The summed E-state index contributed by atoms with van der Waals surface area (Å²) >= 11 is 0. The Labute approximate surface area is 209 Å². The van der Waals surface area contributed by atoms with Crippen LogP contribution in [0.5, 0.6) is 0 Å². The van der Waals surface area contributed by atoms with Crippen LogP contribution in [0, 0.1) is 13.8 Å². The van der Waals surface area contributed by atoms with E-state index in [1.54, 1.807) is 0 Å². The van der Waals surface area contributed by atoms with Gasteiger partial charge in [-0.15, -0.1) is 0 Å². The molecule has 0 atom stereocenters. The van der Waals surface area contributed by atoms with Crippen molar-refractivity contribution in [3.63, 3.8) is 0 Å². The molecule has 5 rings (SSSR count). The quantitative estimate of drug-likeness (QED) is 0.306. The molecule has 4 heteroatoms. The van der Waals surface area contributed by atoms with Crippen LogP contribution >= 0.6 is 0 Å². The van der Waals surface area contributed by atoms with Crippen LogP contribution < -0.4 is 9.80 Å². The Morgan fingerprint density at radius 2 is 1.14 bits per heavy atom. The van der Waals surface area contributed by atoms with Gasteiger partial charge in [-0.25, -0.2) is 9.97 Å². The number of nitrogens with zero attached hydrogens (tertiary/aromatic N) is 4. The number of hydrogen-bond donors (Lipinski definition) is 0. The minimum Gasteiger partial charge on any atom is -0.305 e. The van der Waals surface area contributed by atoms with Gasteiger partial charge in [0.05, 0.1) is 11.9 Å². The van der Waals surface area contributed by atoms with Crippen LogP contribution in [0.3, 0.4) is 0 Å². The van der Waals surface area contributed by atoms with Crippen LogP contribution in [-0.2, 0) is 10.8 Å². The molecule has 0 N–H and O–H groups in total. The second kappa shape index (κ2) is 8.53. The molecular weight excluding hydrogens is 428 g/mol. The molecule has 4 nitrogen and oxygen atoms in total. The van der Waals surface area contributed by atoms with E-state index in [1.165, 1.54) is 16.7 Å². The van der Waals surface area contributed by atoms with E-state index in [2.05, 4.69) is 118 Å². The lowest BCUT2D eigenvalue weighted by molar-refractivity contribution is 0.292. The smallest absolute Gasteiger partial charge is 0.178 e. The van der Waals surface area contributed by atoms with Crippen LogP contribution in [0.1, 0.15) is 50.1 Å². The fourth-order valence-electron chi connectivity index (χ4n) is 5.38. The van der Waals surface area contributed by atoms with E-state index in [1.807, 2.05) is 18.3 Å². The SMILES string of the molecule is Cc1cccc(C)c1C(C)(C)C(C)(C)c1cnc2c(n1)N(c1ccccc1)CN2c1ccccc1. The second-order valence-electron chi connectivity index (χ2n) is 10.6. The van der Waals surface area contributed by atoms with Crippen molar-refractivity contribution in [2.75, 3.05) is 16.5 Å². The van der Waals surface area contributed by atoms with Crippen molar-refractivity contribution in [3.05, 3.63) is 107 Å². The maximum atomic E-state index is 5.33. The highest BCUT2D eigenvalue weighted by molar-refractivity contribution is 5.81. The molecule has 0 radical (unpaired) electrons. The zero-order valence-corrected chi connectivity index (χ0v) is 21.6. The predicted molar refractivity (Wildman–Crippen MR) is 146 cm³/mol. The normalized spacial score (nSPS) is 13.8. The lowest BCUT2D eigenvalue weighted by Crippen LogP contribution is -2.42. The number of hydrogen-bond acceptors (Lipinski definition) is 4. The van der Waals surface area contributed by atoms with Crippen molar-refractivity contribution in [2.45, 2.75) is 52.4 Å². The van der Waals surface area contributed by atoms with Crippen LogP contribution in [-0.4, -0.2) is 16.6 Å². The molecule has 4 aromatic rings. The fraction of sp³-hybridized carbons (Fsp3) is 0.290. The highest BCUT2D eigenvalue weighted by Crippen LogP contribution is 2.48. The Balaban J connectivity index is 1.64. The van der Waals surface area contributed by atoms with E-state index in [0.717, 1.165) is 28.7 Å². The van der Waals surface area contributed by atoms with Crippen LogP contribution in [0.15, 0.2) is 85.1 Å². The molecule has 1 aromatic heterocycles. The predicted octanol–water partition coefficient (Wildman–Crippen LogP) is 7.60. The minimum atomic E-state index is -0.256. The van der Waals surface area contributed by atoms with Gasteiger partial charge in [0.25, 0.3) is 0 Å². The molecule has 0 saturated carbocycles. The Bertz CT molecular complexity index is 1320. The van der Waals surface area contributed by atoms with Crippen LogP contribution in [0.4, 0.5) is 23.0 Å². The third-order valence-electron chi connectivity index (χ3n) is 7.97. The summed E-state index contributed by atoms with van der Waals surface area (Å²) in [5.74, 6) is 1.80. The van der Waals surface area contributed by atoms with Crippen molar-refractivity contribution in [3.8, 4) is 0 Å². The van der Waals surface area contributed by atoms with Gasteiger partial charge in [0.2, 0.25) is 0 Å². The first-order chi connectivity index (χ1) is 16.7. The zero-order chi connectivity index (χ0) is 24.8. The van der Waals surface area contributed by atoms with Gasteiger partial charge >= 0.3 is 0 Å². The average Bonchev–Trinajstić information content (AvgIpc) is 3.24. The number of rotatable bonds is 5. The molecule has 0 aliphatic carbocycles. The van der Waals surface area contributed by atoms with E-state index in [0.29, 0.717) is 6.67 Å². The number of fused-ring (bicyclic) bond motifs is 1. The Hall–Kier alpha value is -3.66. The summed E-state index contributed by atoms with van der Waals surface area (Å²) < 4.78 is 0. The van der Waals surface area contributed by atoms with E-state index in [4.69, 9.17) is 9.97 Å². The van der Waals surface area contributed by atoms with E-state index >= 15 is 0 Å². The molecule has 178 valence electrons. The zero-order valence-electron chi connectivity index (χ0n) is 21.6. The molecular formula is C31H34N4. The van der Waals surface area contributed by atoms with Crippen molar-refractivity contribution in [2.24, 2.45) is 0 Å². The molecule has 3 aromatic carbocycles. The third-order valence-corrected chi connectivity index (χ3v) is 7.97. The van der Waals surface area contributed by atoms with Gasteiger partial charge in [-0.1, -0.05) is 82.3 Å². The van der Waals surface area contributed by atoms with E-state index in [9.17, 15) is 0 Å². The average molecular weight is 463 g/mol. The number of aromatic nitrogens is 2. The lowest BCUT2D eigenvalue weighted by Gasteiger charge is -2.43. The van der Waals surface area contributed by atoms with Gasteiger partial charge in [0, 0.05) is 22.2 Å². The van der Waals surface area contributed by atoms with Crippen LogP contribution in [0.25, 0.3) is 0 Å². The highest BCUT2D eigenvalue weighted by Gasteiger charge is 2.44. The largest absolute Gasteiger partial charge is 0.305 e. The Morgan fingerprint density at radius 3 is 1.69 bits per heavy atom. The summed E-state index contributed by atoms with van der Waals surface area (Å²) in [6, 6.07) is 27.5. The van der Waals surface area contributed by atoms with Gasteiger partial charge in [0.1, 0.15) is 6.67 Å². The van der Waals surface area contributed by atoms with Crippen LogP contribution in [0.2, 0.25) is 0 Å². The summed E-state index contributed by atoms with van der Waals surface area (Å²) in [5.41, 5.74) is 6.85. The van der Waals surface area contributed by atoms with E-state index < -0.39 is 0 Å². The molecule has 35 heavy (non-hydrogen) atoms. The summed E-state index contributed by atoms with van der Waals surface area (Å²) in [5, 5.41) is 0. The first-order valence-corrected chi connectivity index (χ1v) is 12.3. The number of benzene rings is 3. The van der Waals surface area contributed by atoms with Crippen molar-refractivity contribution < 1.29 is 0 Å². The number of para-hydroxylation sites is 2. The van der Waals surface area contributed by atoms with E-state index in [-0.39, 0.29) is 10.8 Å². The summed E-state index contributed by atoms with van der Waals surface area (Å²) in [4.78, 5) is 14.9. The first kappa shape index (κ1) is 23.1. The topological polar surface area (TPSA) is 32.3 Å². The molecule has 1 aliphatic rings. The monoisotopic (exact) mass is 462 g/mol. The minimum absolute atomic E-state index is 0.152. The molecule has 0 bridgehead atoms.